The molecule has 0 heteroatoms. The van der Waals surface area contributed by atoms with E-state index >= 15 is 0 Å². The maximum atomic E-state index is 2.37. The van der Waals surface area contributed by atoms with E-state index in [0.29, 0.717) is 0 Å². The maximum Gasteiger partial charge on any atom is -0.0166 e. The first-order valence-corrected chi connectivity index (χ1v) is 2.66. The van der Waals surface area contributed by atoms with Crippen molar-refractivity contribution in [2.24, 2.45) is 5.92 Å². The van der Waals surface area contributed by atoms with Crippen molar-refractivity contribution in [3.05, 3.63) is 11.6 Å². The van der Waals surface area contributed by atoms with E-state index in [0.717, 1.165) is 5.92 Å². The minimum atomic E-state index is 1.07. The SMILES string of the molecule is C1=C2CCC2C1. The van der Waals surface area contributed by atoms with Gasteiger partial charge in [0.05, 0.1) is 0 Å². The third kappa shape index (κ3) is 0.149. The fraction of sp³-hybridized carbons (Fsp3) is 0.667. The first-order valence-electron chi connectivity index (χ1n) is 2.66. The van der Waals surface area contributed by atoms with Crippen molar-refractivity contribution in [3.63, 3.8) is 0 Å². The Labute approximate surface area is 37.9 Å². The third-order valence-corrected chi connectivity index (χ3v) is 1.97. The quantitative estimate of drug-likeness (QED) is 0.389. The summed E-state index contributed by atoms with van der Waals surface area (Å²) in [5.41, 5.74) is 1.75. The van der Waals surface area contributed by atoms with Crippen LogP contribution in [0.25, 0.3) is 0 Å². The Morgan fingerprint density at radius 2 is 2.50 bits per heavy atom. The highest BCUT2D eigenvalue weighted by Crippen LogP contribution is 2.43. The molecular formula is C6H8. The van der Waals surface area contributed by atoms with Gasteiger partial charge in [-0.15, -0.1) is 0 Å². The van der Waals surface area contributed by atoms with E-state index in [1.807, 2.05) is 0 Å². The van der Waals surface area contributed by atoms with Crippen molar-refractivity contribution in [2.45, 2.75) is 19.3 Å². The van der Waals surface area contributed by atoms with E-state index < -0.39 is 0 Å². The Hall–Kier alpha value is -0.260. The predicted octanol–water partition coefficient (Wildman–Crippen LogP) is 1.73. The van der Waals surface area contributed by atoms with Gasteiger partial charge in [-0.25, -0.2) is 0 Å². The molecular weight excluding hydrogens is 72.1 g/mol. The second-order valence-corrected chi connectivity index (χ2v) is 2.25. The molecule has 0 aromatic carbocycles. The van der Waals surface area contributed by atoms with Crippen molar-refractivity contribution in [3.8, 4) is 0 Å². The summed E-state index contributed by atoms with van der Waals surface area (Å²) in [5, 5.41) is 0. The third-order valence-electron chi connectivity index (χ3n) is 1.97. The molecule has 1 fully saturated rings. The van der Waals surface area contributed by atoms with Gasteiger partial charge in [-0.05, 0) is 25.2 Å². The summed E-state index contributed by atoms with van der Waals surface area (Å²) in [6.07, 6.45) is 6.68. The molecule has 6 heavy (non-hydrogen) atoms. The lowest BCUT2D eigenvalue weighted by molar-refractivity contribution is 0.396. The largest absolute Gasteiger partial charge is 0.0844 e. The minimum absolute atomic E-state index is 1.07. The lowest BCUT2D eigenvalue weighted by Gasteiger charge is -2.36. The second-order valence-electron chi connectivity index (χ2n) is 2.25. The Balaban J connectivity index is 2.30. The molecule has 0 aliphatic heterocycles. The molecule has 0 N–H and O–H groups in total. The van der Waals surface area contributed by atoms with Crippen molar-refractivity contribution in [1.82, 2.24) is 0 Å². The molecule has 1 atom stereocenters. The van der Waals surface area contributed by atoms with Crippen LogP contribution in [0.1, 0.15) is 19.3 Å². The van der Waals surface area contributed by atoms with Gasteiger partial charge in [-0.2, -0.15) is 0 Å². The lowest BCUT2D eigenvalue weighted by Crippen LogP contribution is -2.21. The second kappa shape index (κ2) is 0.699. The zero-order valence-corrected chi connectivity index (χ0v) is 3.78. The van der Waals surface area contributed by atoms with Crippen LogP contribution in [0.5, 0.6) is 0 Å². The molecule has 0 amide bonds. The minimum Gasteiger partial charge on any atom is -0.0844 e. The van der Waals surface area contributed by atoms with Crippen molar-refractivity contribution in [1.29, 1.82) is 0 Å². The first-order chi connectivity index (χ1) is 2.97. The topological polar surface area (TPSA) is 0 Å². The fourth-order valence-electron chi connectivity index (χ4n) is 1.19. The molecule has 2 aliphatic carbocycles. The molecule has 32 valence electrons. The molecule has 0 aromatic rings. The van der Waals surface area contributed by atoms with E-state index in [1.165, 1.54) is 19.3 Å². The Kier molecular flexibility index (Phi) is 0.331. The summed E-state index contributed by atoms with van der Waals surface area (Å²) in [6, 6.07) is 0. The van der Waals surface area contributed by atoms with Crippen LogP contribution < -0.4 is 0 Å². The van der Waals surface area contributed by atoms with E-state index in [2.05, 4.69) is 6.08 Å². The van der Waals surface area contributed by atoms with Crippen molar-refractivity contribution < 1.29 is 0 Å². The van der Waals surface area contributed by atoms with Gasteiger partial charge in [-0.3, -0.25) is 0 Å². The zero-order chi connectivity index (χ0) is 3.98. The number of fused-ring (bicyclic) bond motifs is 1. The van der Waals surface area contributed by atoms with Crippen molar-refractivity contribution >= 4 is 0 Å². The Bertz CT molecular complexity index is 101. The van der Waals surface area contributed by atoms with Gasteiger partial charge in [0, 0.05) is 0 Å². The van der Waals surface area contributed by atoms with Crippen LogP contribution in [-0.4, -0.2) is 0 Å². The summed E-state index contributed by atoms with van der Waals surface area (Å²) in [4.78, 5) is 0. The van der Waals surface area contributed by atoms with E-state index in [9.17, 15) is 0 Å². The standard InChI is InChI=1S/C6H8/c1-2-6-4-3-5(1)6/h1,6H,2-4H2. The molecule has 0 heterocycles. The Morgan fingerprint density at radius 1 is 1.67 bits per heavy atom. The molecule has 0 spiro atoms. The van der Waals surface area contributed by atoms with Gasteiger partial charge in [-0.1, -0.05) is 11.6 Å². The molecule has 0 radical (unpaired) electrons. The van der Waals surface area contributed by atoms with E-state index in [-0.39, 0.29) is 0 Å². The van der Waals surface area contributed by atoms with Crippen LogP contribution in [-0.2, 0) is 0 Å². The molecule has 0 aromatic heterocycles. The fourth-order valence-corrected chi connectivity index (χ4v) is 1.19. The monoisotopic (exact) mass is 80.1 g/mol. The molecule has 0 bridgehead atoms. The normalized spacial score (nSPS) is 38.7. The molecule has 2 aliphatic rings. The summed E-state index contributed by atoms with van der Waals surface area (Å²) in [5.74, 6) is 1.07. The smallest absolute Gasteiger partial charge is 0.0166 e. The van der Waals surface area contributed by atoms with Crippen LogP contribution in [0.15, 0.2) is 11.6 Å². The van der Waals surface area contributed by atoms with Gasteiger partial charge >= 0.3 is 0 Å². The number of allylic oxidation sites excluding steroid dienone is 2. The van der Waals surface area contributed by atoms with Gasteiger partial charge in [0.1, 0.15) is 0 Å². The van der Waals surface area contributed by atoms with E-state index in [4.69, 9.17) is 0 Å². The lowest BCUT2D eigenvalue weighted by atomic mass is 9.69. The highest BCUT2D eigenvalue weighted by atomic mass is 14.3. The van der Waals surface area contributed by atoms with Gasteiger partial charge in [0.15, 0.2) is 0 Å². The highest BCUT2D eigenvalue weighted by Gasteiger charge is 2.28. The highest BCUT2D eigenvalue weighted by molar-refractivity contribution is 5.24. The number of hydrogen-bond donors (Lipinski definition) is 0. The molecule has 0 nitrogen and oxygen atoms in total. The maximum absolute atomic E-state index is 2.37. The number of hydrogen-bond acceptors (Lipinski definition) is 0. The average Bonchev–Trinajstić information content (AvgIpc) is 1.54. The van der Waals surface area contributed by atoms with Crippen LogP contribution in [0.2, 0.25) is 0 Å². The predicted molar refractivity (Wildman–Crippen MR) is 25.4 cm³/mol. The van der Waals surface area contributed by atoms with Crippen LogP contribution in [0.3, 0.4) is 0 Å². The van der Waals surface area contributed by atoms with Gasteiger partial charge < -0.3 is 0 Å². The summed E-state index contributed by atoms with van der Waals surface area (Å²) in [7, 11) is 0. The summed E-state index contributed by atoms with van der Waals surface area (Å²) in [6.45, 7) is 0. The molecule has 0 saturated heterocycles. The average molecular weight is 80.1 g/mol. The van der Waals surface area contributed by atoms with Crippen molar-refractivity contribution in [2.75, 3.05) is 0 Å². The van der Waals surface area contributed by atoms with Crippen LogP contribution in [0, 0.1) is 5.92 Å². The Morgan fingerprint density at radius 3 is 2.50 bits per heavy atom. The molecule has 1 unspecified atom stereocenters. The number of rotatable bonds is 0. The van der Waals surface area contributed by atoms with Gasteiger partial charge in [0.2, 0.25) is 0 Å². The van der Waals surface area contributed by atoms with E-state index in [1.54, 1.807) is 5.57 Å². The van der Waals surface area contributed by atoms with Crippen LogP contribution in [0.4, 0.5) is 0 Å². The van der Waals surface area contributed by atoms with Gasteiger partial charge in [0.25, 0.3) is 0 Å². The zero-order valence-electron chi connectivity index (χ0n) is 3.78. The molecule has 1 saturated carbocycles. The molecule has 2 rings (SSSR count). The summed E-state index contributed by atoms with van der Waals surface area (Å²) >= 11 is 0. The summed E-state index contributed by atoms with van der Waals surface area (Å²) < 4.78 is 0. The van der Waals surface area contributed by atoms with Crippen LogP contribution >= 0.6 is 0 Å². The first kappa shape index (κ1) is 2.84.